The minimum Gasteiger partial charge on any atom is -0.469 e. The summed E-state index contributed by atoms with van der Waals surface area (Å²) in [4.78, 5) is 22.2. The fourth-order valence-electron chi connectivity index (χ4n) is 12.2. The first-order valence-electron chi connectivity index (χ1n) is 17.1. The molecule has 0 bridgehead atoms. The molecule has 44 heavy (non-hydrogen) atoms. The van der Waals surface area contributed by atoms with Crippen LogP contribution in [0.3, 0.4) is 0 Å². The third kappa shape index (κ3) is 3.89. The Morgan fingerprint density at radius 3 is 2.36 bits per heavy atom. The molecule has 3 saturated carbocycles. The highest BCUT2D eigenvalue weighted by atomic mass is 32.1. The fourth-order valence-corrected chi connectivity index (χ4v) is 12.4. The second-order valence-electron chi connectivity index (χ2n) is 17.4. The maximum atomic E-state index is 13.6. The lowest BCUT2D eigenvalue weighted by Crippen LogP contribution is -2.65. The quantitative estimate of drug-likeness (QED) is 0.208. The zero-order valence-corrected chi connectivity index (χ0v) is 29.0. The summed E-state index contributed by atoms with van der Waals surface area (Å²) in [6.45, 7) is 17.6. The van der Waals surface area contributed by atoms with E-state index < -0.39 is 0 Å². The standard InChI is InChI=1S/C39H52N2O2S/c1-34(2)18-20-39(32(42)43-8)21-19-37(6)26(27(39)23-34)14-15-29-36(5)22-25-30(24-12-10-9-11-13-24)40-33(44)41-31(25)35(3,4)28(36)16-17-38(29,37)7/h9-14,27-29H,15-23H2,1-8H3,(H,40,41,44)/t27-,28-,29+,36-,37+,38+,39-/m0/s1. The molecule has 4 nitrogen and oxygen atoms in total. The van der Waals surface area contributed by atoms with Gasteiger partial charge in [-0.3, -0.25) is 4.79 Å². The highest BCUT2D eigenvalue weighted by Gasteiger charge is 2.69. The summed E-state index contributed by atoms with van der Waals surface area (Å²) < 4.78 is 6.17. The van der Waals surface area contributed by atoms with Gasteiger partial charge in [-0.1, -0.05) is 90.4 Å². The summed E-state index contributed by atoms with van der Waals surface area (Å²) in [6.07, 6.45) is 12.3. The van der Waals surface area contributed by atoms with Crippen LogP contribution in [0.25, 0.3) is 11.3 Å². The minimum atomic E-state index is -0.361. The maximum Gasteiger partial charge on any atom is 0.312 e. The van der Waals surface area contributed by atoms with Crippen LogP contribution >= 0.6 is 12.2 Å². The van der Waals surface area contributed by atoms with Crippen LogP contribution in [0.4, 0.5) is 0 Å². The molecule has 5 heteroatoms. The van der Waals surface area contributed by atoms with Crippen molar-refractivity contribution in [3.8, 4) is 11.3 Å². The Kier molecular flexibility index (Phi) is 6.65. The highest BCUT2D eigenvalue weighted by Crippen LogP contribution is 2.75. The molecule has 1 aromatic carbocycles. The molecular weight excluding hydrogens is 561 g/mol. The summed E-state index contributed by atoms with van der Waals surface area (Å²) in [5.41, 5.74) is 6.63. The number of rotatable bonds is 2. The Balaban J connectivity index is 1.37. The Hall–Kier alpha value is -2.27. The molecule has 7 atom stereocenters. The number of nitrogens with one attached hydrogen (secondary N) is 1. The van der Waals surface area contributed by atoms with E-state index >= 15 is 0 Å². The fraction of sp³-hybridized carbons (Fsp3) is 0.667. The number of carbonyl (C=O) groups excluding carboxylic acids is 1. The lowest BCUT2D eigenvalue weighted by molar-refractivity contribution is -0.179. The summed E-state index contributed by atoms with van der Waals surface area (Å²) in [6, 6.07) is 10.7. The van der Waals surface area contributed by atoms with Gasteiger partial charge in [-0.25, -0.2) is 4.98 Å². The first kappa shape index (κ1) is 30.4. The van der Waals surface area contributed by atoms with Gasteiger partial charge in [-0.2, -0.15) is 0 Å². The van der Waals surface area contributed by atoms with E-state index in [2.05, 4.69) is 89.9 Å². The number of fused-ring (bicyclic) bond motifs is 8. The van der Waals surface area contributed by atoms with Crippen molar-refractivity contribution in [2.45, 2.75) is 112 Å². The molecule has 2 aromatic rings. The predicted octanol–water partition coefficient (Wildman–Crippen LogP) is 9.79. The van der Waals surface area contributed by atoms with Gasteiger partial charge in [0.15, 0.2) is 4.77 Å². The topological polar surface area (TPSA) is 55.0 Å². The van der Waals surface area contributed by atoms with Gasteiger partial charge < -0.3 is 9.72 Å². The third-order valence-electron chi connectivity index (χ3n) is 14.6. The Labute approximate surface area is 269 Å². The lowest BCUT2D eigenvalue weighted by atomic mass is 9.33. The summed E-state index contributed by atoms with van der Waals surface area (Å²) in [5, 5.41) is 0. The van der Waals surface area contributed by atoms with Crippen molar-refractivity contribution in [3.05, 3.63) is 58.0 Å². The average Bonchev–Trinajstić information content (AvgIpc) is 2.97. The Bertz CT molecular complexity index is 1610. The van der Waals surface area contributed by atoms with E-state index in [1.54, 1.807) is 12.7 Å². The zero-order chi connectivity index (χ0) is 31.5. The van der Waals surface area contributed by atoms with Crippen LogP contribution in [0.5, 0.6) is 0 Å². The third-order valence-corrected chi connectivity index (χ3v) is 14.8. The molecule has 1 aromatic heterocycles. The molecule has 0 saturated heterocycles. The maximum absolute atomic E-state index is 13.6. The van der Waals surface area contributed by atoms with Crippen molar-refractivity contribution in [3.63, 3.8) is 0 Å². The van der Waals surface area contributed by atoms with Gasteiger partial charge >= 0.3 is 5.97 Å². The van der Waals surface area contributed by atoms with Crippen molar-refractivity contribution in [2.24, 2.45) is 44.8 Å². The molecule has 5 aliphatic carbocycles. The first-order chi connectivity index (χ1) is 20.6. The molecule has 7 rings (SSSR count). The first-order valence-corrected chi connectivity index (χ1v) is 17.5. The van der Waals surface area contributed by atoms with E-state index in [4.69, 9.17) is 21.9 Å². The van der Waals surface area contributed by atoms with Crippen molar-refractivity contribution in [2.75, 3.05) is 7.11 Å². The van der Waals surface area contributed by atoms with Crippen LogP contribution < -0.4 is 0 Å². The van der Waals surface area contributed by atoms with Gasteiger partial charge in [0.05, 0.1) is 18.2 Å². The number of H-pyrrole nitrogens is 1. The van der Waals surface area contributed by atoms with Gasteiger partial charge in [0, 0.05) is 16.7 Å². The number of aromatic nitrogens is 2. The van der Waals surface area contributed by atoms with E-state index in [0.29, 0.717) is 16.6 Å². The van der Waals surface area contributed by atoms with Crippen LogP contribution in [0, 0.1) is 49.6 Å². The van der Waals surface area contributed by atoms with Crippen molar-refractivity contribution in [1.82, 2.24) is 9.97 Å². The molecule has 0 spiro atoms. The molecule has 0 radical (unpaired) electrons. The second kappa shape index (κ2) is 9.62. The molecular formula is C39H52N2O2S. The highest BCUT2D eigenvalue weighted by molar-refractivity contribution is 7.71. The van der Waals surface area contributed by atoms with E-state index in [1.807, 2.05) is 0 Å². The van der Waals surface area contributed by atoms with E-state index in [1.165, 1.54) is 24.1 Å². The number of hydrogen-bond donors (Lipinski definition) is 1. The van der Waals surface area contributed by atoms with E-state index in [-0.39, 0.29) is 44.4 Å². The van der Waals surface area contributed by atoms with Gasteiger partial charge in [-0.15, -0.1) is 0 Å². The number of hydrogen-bond acceptors (Lipinski definition) is 4. The summed E-state index contributed by atoms with van der Waals surface area (Å²) >= 11 is 5.74. The number of nitrogens with zero attached hydrogens (tertiary/aromatic N) is 1. The molecule has 236 valence electrons. The molecule has 3 fully saturated rings. The van der Waals surface area contributed by atoms with Crippen LogP contribution in [0.15, 0.2) is 42.0 Å². The number of aromatic amines is 1. The summed E-state index contributed by atoms with van der Waals surface area (Å²) in [7, 11) is 1.60. The average molecular weight is 613 g/mol. The zero-order valence-electron chi connectivity index (χ0n) is 28.2. The van der Waals surface area contributed by atoms with Crippen LogP contribution in [0.2, 0.25) is 0 Å². The lowest BCUT2D eigenvalue weighted by Gasteiger charge is -2.70. The predicted molar refractivity (Wildman–Crippen MR) is 180 cm³/mol. The molecule has 0 amide bonds. The molecule has 0 aliphatic heterocycles. The molecule has 0 unspecified atom stereocenters. The van der Waals surface area contributed by atoms with E-state index in [9.17, 15) is 4.79 Å². The molecule has 1 N–H and O–H groups in total. The molecule has 5 aliphatic rings. The number of methoxy groups -OCH3 is 1. The van der Waals surface area contributed by atoms with Crippen LogP contribution in [0.1, 0.15) is 111 Å². The Morgan fingerprint density at radius 2 is 1.66 bits per heavy atom. The smallest absolute Gasteiger partial charge is 0.312 e. The largest absolute Gasteiger partial charge is 0.469 e. The number of esters is 1. The monoisotopic (exact) mass is 612 g/mol. The van der Waals surface area contributed by atoms with Crippen LogP contribution in [-0.2, 0) is 21.4 Å². The van der Waals surface area contributed by atoms with Crippen molar-refractivity contribution < 1.29 is 9.53 Å². The number of carbonyl (C=O) groups is 1. The Morgan fingerprint density at radius 1 is 0.955 bits per heavy atom. The van der Waals surface area contributed by atoms with Gasteiger partial charge in [0.2, 0.25) is 0 Å². The number of allylic oxidation sites excluding steroid dienone is 2. The van der Waals surface area contributed by atoms with Crippen LogP contribution in [-0.4, -0.2) is 23.0 Å². The normalized spacial score (nSPS) is 39.8. The number of ether oxygens (including phenoxy) is 1. The van der Waals surface area contributed by atoms with Gasteiger partial charge in [0.25, 0.3) is 0 Å². The van der Waals surface area contributed by atoms with Gasteiger partial charge in [-0.05, 0) is 115 Å². The van der Waals surface area contributed by atoms with E-state index in [0.717, 1.165) is 56.2 Å². The minimum absolute atomic E-state index is 0.0350. The second-order valence-corrected chi connectivity index (χ2v) is 17.8. The van der Waals surface area contributed by atoms with Crippen molar-refractivity contribution in [1.29, 1.82) is 0 Å². The van der Waals surface area contributed by atoms with Crippen molar-refractivity contribution >= 4 is 18.2 Å². The summed E-state index contributed by atoms with van der Waals surface area (Å²) in [5.74, 6) is 1.40. The van der Waals surface area contributed by atoms with Gasteiger partial charge in [0.1, 0.15) is 0 Å². The SMILES string of the molecule is COC(=O)[C@]12CCC(C)(C)C[C@H]1C1=CC[C@@H]3[C@@]4(C)Cc5c(-c6ccccc6)nc(=S)[nH]c5C(C)(C)[C@@H]4CC[C@@]3(C)[C@]1(C)CC2. The molecule has 1 heterocycles. The number of benzene rings is 1.